The minimum Gasteiger partial charge on any atom is -0.348 e. The molecule has 0 aliphatic rings. The number of halogens is 5. The monoisotopic (exact) mass is 285 g/mol. The van der Waals surface area contributed by atoms with Crippen LogP contribution in [0.3, 0.4) is 0 Å². The van der Waals surface area contributed by atoms with Crippen molar-refractivity contribution >= 4 is 17.7 Å². The van der Waals surface area contributed by atoms with E-state index in [1.807, 2.05) is 0 Å². The van der Waals surface area contributed by atoms with Crippen LogP contribution in [0.4, 0.5) is 22.0 Å². The number of benzene rings is 1. The van der Waals surface area contributed by atoms with Gasteiger partial charge in [-0.05, 0) is 0 Å². The summed E-state index contributed by atoms with van der Waals surface area (Å²) in [5.41, 5.74) is 0. The molecule has 0 spiro atoms. The van der Waals surface area contributed by atoms with Gasteiger partial charge in [0.05, 0.1) is 10.6 Å². The molecule has 0 bridgehead atoms. The zero-order chi connectivity index (χ0) is 14.0. The van der Waals surface area contributed by atoms with E-state index in [2.05, 4.69) is 0 Å². The molecule has 0 radical (unpaired) electrons. The molecule has 0 saturated carbocycles. The first-order valence-electron chi connectivity index (χ1n) is 4.61. The average molecular weight is 285 g/mol. The van der Waals surface area contributed by atoms with E-state index in [0.717, 1.165) is 4.90 Å². The third-order valence-electron chi connectivity index (χ3n) is 2.01. The summed E-state index contributed by atoms with van der Waals surface area (Å²) in [6.45, 7) is 0. The Bertz CT molecular complexity index is 463. The first-order chi connectivity index (χ1) is 8.27. The van der Waals surface area contributed by atoms with E-state index >= 15 is 0 Å². The van der Waals surface area contributed by atoms with E-state index in [-0.39, 0.29) is 11.8 Å². The predicted octanol–water partition coefficient (Wildman–Crippen LogP) is 2.56. The second-order valence-corrected chi connectivity index (χ2v) is 4.46. The van der Waals surface area contributed by atoms with Crippen molar-refractivity contribution in [3.63, 3.8) is 0 Å². The van der Waals surface area contributed by atoms with Crippen LogP contribution >= 0.6 is 11.8 Å². The fourth-order valence-electron chi connectivity index (χ4n) is 0.974. The average Bonchev–Trinajstić information content (AvgIpc) is 2.33. The van der Waals surface area contributed by atoms with E-state index in [1.165, 1.54) is 14.1 Å². The zero-order valence-electron chi connectivity index (χ0n) is 9.36. The number of nitrogens with zero attached hydrogens (tertiary/aromatic N) is 1. The highest BCUT2D eigenvalue weighted by atomic mass is 32.2. The van der Waals surface area contributed by atoms with E-state index in [0.29, 0.717) is 0 Å². The second-order valence-electron chi connectivity index (χ2n) is 3.48. The lowest BCUT2D eigenvalue weighted by Gasteiger charge is -2.11. The van der Waals surface area contributed by atoms with Gasteiger partial charge in [0.1, 0.15) is 0 Å². The summed E-state index contributed by atoms with van der Waals surface area (Å²) in [4.78, 5) is 11.3. The van der Waals surface area contributed by atoms with Crippen LogP contribution in [0.5, 0.6) is 0 Å². The summed E-state index contributed by atoms with van der Waals surface area (Å²) in [5, 5.41) is 0. The highest BCUT2D eigenvalue weighted by Gasteiger charge is 2.26. The van der Waals surface area contributed by atoms with Crippen molar-refractivity contribution in [1.29, 1.82) is 0 Å². The van der Waals surface area contributed by atoms with Gasteiger partial charge >= 0.3 is 0 Å². The van der Waals surface area contributed by atoms with Gasteiger partial charge in [-0.1, -0.05) is 0 Å². The molecule has 0 aliphatic carbocycles. The molecule has 0 heterocycles. The number of hydrogen-bond donors (Lipinski definition) is 0. The van der Waals surface area contributed by atoms with Crippen LogP contribution in [0.25, 0.3) is 0 Å². The first-order valence-corrected chi connectivity index (χ1v) is 5.60. The van der Waals surface area contributed by atoms with Crippen LogP contribution in [-0.2, 0) is 4.79 Å². The highest BCUT2D eigenvalue weighted by Crippen LogP contribution is 2.30. The molecular weight excluding hydrogens is 277 g/mol. The predicted molar refractivity (Wildman–Crippen MR) is 55.6 cm³/mol. The van der Waals surface area contributed by atoms with Crippen molar-refractivity contribution in [2.24, 2.45) is 0 Å². The van der Waals surface area contributed by atoms with Crippen LogP contribution in [0, 0.1) is 29.1 Å². The Morgan fingerprint density at radius 2 is 1.33 bits per heavy atom. The lowest BCUT2D eigenvalue weighted by molar-refractivity contribution is -0.125. The summed E-state index contributed by atoms with van der Waals surface area (Å²) in [6, 6.07) is 0. The third kappa shape index (κ3) is 2.74. The normalized spacial score (nSPS) is 10.6. The fourth-order valence-corrected chi connectivity index (χ4v) is 1.93. The Morgan fingerprint density at radius 3 is 1.72 bits per heavy atom. The SMILES string of the molecule is CN(C)C(=O)CSc1c(F)c(F)c(F)c(F)c1F. The number of hydrogen-bond acceptors (Lipinski definition) is 2. The molecule has 0 atom stereocenters. The lowest BCUT2D eigenvalue weighted by atomic mass is 10.3. The van der Waals surface area contributed by atoms with Crippen LogP contribution in [0.1, 0.15) is 0 Å². The topological polar surface area (TPSA) is 20.3 Å². The maximum absolute atomic E-state index is 13.2. The van der Waals surface area contributed by atoms with Crippen LogP contribution in [0.2, 0.25) is 0 Å². The lowest BCUT2D eigenvalue weighted by Crippen LogP contribution is -2.23. The van der Waals surface area contributed by atoms with Gasteiger partial charge in [-0.3, -0.25) is 4.79 Å². The molecule has 0 aliphatic heterocycles. The number of carbonyl (C=O) groups excluding carboxylic acids is 1. The molecule has 0 fully saturated rings. The quantitative estimate of drug-likeness (QED) is 0.368. The standard InChI is InChI=1S/C10H8F5NOS/c1-16(2)4(17)3-18-10-8(14)6(12)5(11)7(13)9(10)15/h3H2,1-2H3. The largest absolute Gasteiger partial charge is 0.348 e. The number of rotatable bonds is 3. The summed E-state index contributed by atoms with van der Waals surface area (Å²) >= 11 is 0.259. The van der Waals surface area contributed by atoms with E-state index in [1.54, 1.807) is 0 Å². The minimum absolute atomic E-state index is 0.259. The van der Waals surface area contributed by atoms with Gasteiger partial charge in [0.15, 0.2) is 23.3 Å². The number of amides is 1. The maximum atomic E-state index is 13.2. The second kappa shape index (κ2) is 5.55. The van der Waals surface area contributed by atoms with Crippen molar-refractivity contribution in [1.82, 2.24) is 4.90 Å². The summed E-state index contributed by atoms with van der Waals surface area (Å²) in [5.74, 6) is -11.0. The van der Waals surface area contributed by atoms with Gasteiger partial charge in [-0.15, -0.1) is 11.8 Å². The maximum Gasteiger partial charge on any atom is 0.232 e. The molecule has 0 N–H and O–H groups in total. The molecule has 1 rings (SSSR count). The number of carbonyl (C=O) groups is 1. The van der Waals surface area contributed by atoms with Crippen molar-refractivity contribution in [2.45, 2.75) is 4.90 Å². The molecule has 1 amide bonds. The Hall–Kier alpha value is -1.31. The minimum atomic E-state index is -2.21. The van der Waals surface area contributed by atoms with Crippen LogP contribution in [-0.4, -0.2) is 30.7 Å². The van der Waals surface area contributed by atoms with Gasteiger partial charge in [0, 0.05) is 14.1 Å². The molecule has 18 heavy (non-hydrogen) atoms. The Labute approximate surface area is 104 Å². The van der Waals surface area contributed by atoms with Gasteiger partial charge in [0.2, 0.25) is 11.7 Å². The highest BCUT2D eigenvalue weighted by molar-refractivity contribution is 8.00. The smallest absolute Gasteiger partial charge is 0.232 e. The molecule has 1 aromatic carbocycles. The third-order valence-corrected chi connectivity index (χ3v) is 3.05. The summed E-state index contributed by atoms with van der Waals surface area (Å²) in [7, 11) is 2.81. The van der Waals surface area contributed by atoms with Gasteiger partial charge in [-0.2, -0.15) is 0 Å². The van der Waals surface area contributed by atoms with Crippen LogP contribution in [0.15, 0.2) is 4.90 Å². The molecule has 1 aromatic rings. The van der Waals surface area contributed by atoms with Crippen molar-refractivity contribution in [3.05, 3.63) is 29.1 Å². The molecule has 0 unspecified atom stereocenters. The van der Waals surface area contributed by atoms with Gasteiger partial charge < -0.3 is 4.90 Å². The molecule has 2 nitrogen and oxygen atoms in total. The van der Waals surface area contributed by atoms with E-state index in [4.69, 9.17) is 0 Å². The van der Waals surface area contributed by atoms with E-state index in [9.17, 15) is 26.7 Å². The molecule has 0 aromatic heterocycles. The Morgan fingerprint density at radius 1 is 0.944 bits per heavy atom. The summed E-state index contributed by atoms with van der Waals surface area (Å²) in [6.07, 6.45) is 0. The van der Waals surface area contributed by atoms with Gasteiger partial charge in [0.25, 0.3) is 0 Å². The Balaban J connectivity index is 3.07. The summed E-state index contributed by atoms with van der Waals surface area (Å²) < 4.78 is 64.7. The molecule has 100 valence electrons. The molecular formula is C10H8F5NOS. The Kier molecular flexibility index (Phi) is 4.55. The van der Waals surface area contributed by atoms with Crippen LogP contribution < -0.4 is 0 Å². The van der Waals surface area contributed by atoms with Crippen molar-refractivity contribution in [3.8, 4) is 0 Å². The first kappa shape index (κ1) is 14.7. The molecule has 8 heteroatoms. The van der Waals surface area contributed by atoms with E-state index < -0.39 is 45.6 Å². The molecule has 0 saturated heterocycles. The zero-order valence-corrected chi connectivity index (χ0v) is 10.2. The van der Waals surface area contributed by atoms with Crippen molar-refractivity contribution < 1.29 is 26.7 Å². The van der Waals surface area contributed by atoms with Crippen molar-refractivity contribution in [2.75, 3.05) is 19.8 Å². The fraction of sp³-hybridized carbons (Fsp3) is 0.300. The number of thioether (sulfide) groups is 1. The van der Waals surface area contributed by atoms with Gasteiger partial charge in [-0.25, -0.2) is 22.0 Å².